The van der Waals surface area contributed by atoms with Crippen molar-refractivity contribution in [3.8, 4) is 0 Å². The Hall–Kier alpha value is -1.58. The highest BCUT2D eigenvalue weighted by Gasteiger charge is 2.07. The third-order valence-electron chi connectivity index (χ3n) is 5.78. The van der Waals surface area contributed by atoms with E-state index in [9.17, 15) is 9.59 Å². The van der Waals surface area contributed by atoms with Crippen LogP contribution in [0.2, 0.25) is 0 Å². The third kappa shape index (κ3) is 30.4. The number of aliphatic carboxylic acids is 1. The summed E-state index contributed by atoms with van der Waals surface area (Å²) in [5, 5.41) is 7.60. The monoisotopic (exact) mass is 466 g/mol. The van der Waals surface area contributed by atoms with Crippen molar-refractivity contribution in [3.63, 3.8) is 0 Å². The van der Waals surface area contributed by atoms with Gasteiger partial charge in [0.2, 0.25) is 0 Å². The van der Waals surface area contributed by atoms with Crippen molar-refractivity contribution in [2.24, 2.45) is 0 Å². The highest BCUT2D eigenvalue weighted by Crippen LogP contribution is 2.14. The minimum Gasteiger partial charge on any atom is -0.478 e. The first-order chi connectivity index (χ1) is 16.0. The van der Waals surface area contributed by atoms with E-state index < -0.39 is 5.97 Å². The van der Waals surface area contributed by atoms with Crippen LogP contribution in [0.25, 0.3) is 0 Å². The molecule has 0 bridgehead atoms. The van der Waals surface area contributed by atoms with E-state index in [1.165, 1.54) is 109 Å². The Kier molecular flexibility index (Phi) is 29.0. The molecular weight excluding hydrogens is 412 g/mol. The van der Waals surface area contributed by atoms with Gasteiger partial charge < -0.3 is 9.84 Å². The Bertz CT molecular complexity index is 470. The number of hydrogen-bond donors (Lipinski definition) is 1. The summed E-state index contributed by atoms with van der Waals surface area (Å²) in [6, 6.07) is 0. The van der Waals surface area contributed by atoms with Crippen LogP contribution in [-0.4, -0.2) is 23.7 Å². The predicted molar refractivity (Wildman–Crippen MR) is 142 cm³/mol. The summed E-state index contributed by atoms with van der Waals surface area (Å²) in [4.78, 5) is 21.2. The van der Waals surface area contributed by atoms with Crippen LogP contribution in [0.15, 0.2) is 24.8 Å². The first-order valence-corrected chi connectivity index (χ1v) is 13.7. The molecule has 0 atom stereocenters. The second kappa shape index (κ2) is 28.5. The molecule has 0 spiro atoms. The number of unbranched alkanes of at least 4 members (excludes halogenated alkanes) is 17. The summed E-state index contributed by atoms with van der Waals surface area (Å²) >= 11 is 0. The molecule has 0 rings (SSSR count). The molecule has 194 valence electrons. The van der Waals surface area contributed by atoms with Gasteiger partial charge in [-0.25, -0.2) is 9.59 Å². The number of esters is 1. The summed E-state index contributed by atoms with van der Waals surface area (Å²) in [6.07, 6.45) is 26.4. The van der Waals surface area contributed by atoms with Crippen LogP contribution in [0.4, 0.5) is 0 Å². The third-order valence-corrected chi connectivity index (χ3v) is 5.78. The van der Waals surface area contributed by atoms with Crippen molar-refractivity contribution in [3.05, 3.63) is 24.8 Å². The minimum absolute atomic E-state index is 0.171. The Balaban J connectivity index is 0. The number of carbonyl (C=O) groups is 2. The number of carbonyl (C=O) groups excluding carboxylic acids is 1. The fourth-order valence-electron chi connectivity index (χ4n) is 3.61. The average Bonchev–Trinajstić information content (AvgIpc) is 2.81. The molecule has 0 aliphatic carbocycles. The van der Waals surface area contributed by atoms with Gasteiger partial charge in [-0.3, -0.25) is 0 Å². The standard InChI is InChI=1S/C26H50O2.C3H4O2/c1-4-6-8-10-12-14-15-16-18-20-22-24-28-26(27)25(3)23-21-19-17-13-11-9-7-5-2;1-2-3(4)5/h3-24H2,1-2H3;2H,1H2,(H,4,5). The van der Waals surface area contributed by atoms with Crippen molar-refractivity contribution in [2.75, 3.05) is 6.61 Å². The average molecular weight is 467 g/mol. The second-order valence-electron chi connectivity index (χ2n) is 9.04. The van der Waals surface area contributed by atoms with Crippen LogP contribution >= 0.6 is 0 Å². The molecule has 0 saturated heterocycles. The van der Waals surface area contributed by atoms with Crippen molar-refractivity contribution < 1.29 is 19.4 Å². The van der Waals surface area contributed by atoms with Gasteiger partial charge in [-0.1, -0.05) is 136 Å². The quantitative estimate of drug-likeness (QED) is 0.0925. The fraction of sp³-hybridized carbons (Fsp3) is 0.793. The number of hydrogen-bond acceptors (Lipinski definition) is 3. The van der Waals surface area contributed by atoms with E-state index in [-0.39, 0.29) is 5.97 Å². The summed E-state index contributed by atoms with van der Waals surface area (Å²) in [5.74, 6) is -1.15. The predicted octanol–water partition coefficient (Wildman–Crippen LogP) is 9.18. The summed E-state index contributed by atoms with van der Waals surface area (Å²) in [7, 11) is 0. The molecule has 0 radical (unpaired) electrons. The molecule has 0 aromatic carbocycles. The lowest BCUT2D eigenvalue weighted by molar-refractivity contribution is -0.139. The first kappa shape index (κ1) is 33.6. The Morgan fingerprint density at radius 1 is 0.667 bits per heavy atom. The van der Waals surface area contributed by atoms with E-state index in [1.807, 2.05) is 0 Å². The molecule has 0 amide bonds. The lowest BCUT2D eigenvalue weighted by Crippen LogP contribution is -2.08. The molecule has 1 N–H and O–H groups in total. The van der Waals surface area contributed by atoms with E-state index >= 15 is 0 Å². The second-order valence-corrected chi connectivity index (χ2v) is 9.04. The van der Waals surface area contributed by atoms with Crippen molar-refractivity contribution in [1.82, 2.24) is 0 Å². The van der Waals surface area contributed by atoms with Crippen LogP contribution in [0.1, 0.15) is 142 Å². The Morgan fingerprint density at radius 3 is 1.36 bits per heavy atom. The van der Waals surface area contributed by atoms with Crippen molar-refractivity contribution >= 4 is 11.9 Å². The lowest BCUT2D eigenvalue weighted by Gasteiger charge is -2.07. The van der Waals surface area contributed by atoms with Gasteiger partial charge in [0.25, 0.3) is 0 Å². The van der Waals surface area contributed by atoms with Crippen LogP contribution < -0.4 is 0 Å². The van der Waals surface area contributed by atoms with E-state index in [0.717, 1.165) is 25.3 Å². The molecule has 4 heteroatoms. The highest BCUT2D eigenvalue weighted by molar-refractivity contribution is 5.87. The molecule has 0 heterocycles. The minimum atomic E-state index is -0.981. The molecule has 4 nitrogen and oxygen atoms in total. The van der Waals surface area contributed by atoms with Gasteiger partial charge in [-0.2, -0.15) is 0 Å². The molecule has 0 unspecified atom stereocenters. The Morgan fingerprint density at radius 2 is 1.00 bits per heavy atom. The van der Waals surface area contributed by atoms with Gasteiger partial charge in [-0.15, -0.1) is 0 Å². The number of carboxylic acids is 1. The summed E-state index contributed by atoms with van der Waals surface area (Å²) < 4.78 is 5.37. The molecule has 0 aromatic rings. The summed E-state index contributed by atoms with van der Waals surface area (Å²) in [5.41, 5.74) is 0.661. The topological polar surface area (TPSA) is 63.6 Å². The fourth-order valence-corrected chi connectivity index (χ4v) is 3.61. The smallest absolute Gasteiger partial charge is 0.333 e. The van der Waals surface area contributed by atoms with Gasteiger partial charge in [0, 0.05) is 11.6 Å². The molecule has 0 aromatic heterocycles. The molecule has 33 heavy (non-hydrogen) atoms. The molecular formula is C29H54O4. The zero-order chi connectivity index (χ0) is 25.0. The van der Waals surface area contributed by atoms with Crippen molar-refractivity contribution in [2.45, 2.75) is 142 Å². The van der Waals surface area contributed by atoms with Crippen LogP contribution in [-0.2, 0) is 14.3 Å². The first-order valence-electron chi connectivity index (χ1n) is 13.7. The maximum Gasteiger partial charge on any atom is 0.333 e. The van der Waals surface area contributed by atoms with E-state index in [1.54, 1.807) is 0 Å². The van der Waals surface area contributed by atoms with Crippen LogP contribution in [0.3, 0.4) is 0 Å². The number of rotatable bonds is 23. The lowest BCUT2D eigenvalue weighted by atomic mass is 10.0. The van der Waals surface area contributed by atoms with Gasteiger partial charge in [0.05, 0.1) is 6.61 Å². The van der Waals surface area contributed by atoms with E-state index in [4.69, 9.17) is 9.84 Å². The van der Waals surface area contributed by atoms with Crippen LogP contribution in [0.5, 0.6) is 0 Å². The van der Waals surface area contributed by atoms with Crippen molar-refractivity contribution in [1.29, 1.82) is 0 Å². The van der Waals surface area contributed by atoms with Crippen LogP contribution in [0, 0.1) is 0 Å². The number of carboxylic acid groups (broad SMARTS) is 1. The van der Waals surface area contributed by atoms with Gasteiger partial charge >= 0.3 is 11.9 Å². The summed E-state index contributed by atoms with van der Waals surface area (Å²) in [6.45, 7) is 12.0. The van der Waals surface area contributed by atoms with Gasteiger partial charge in [0.1, 0.15) is 0 Å². The van der Waals surface area contributed by atoms with Gasteiger partial charge in [0.15, 0.2) is 0 Å². The maximum atomic E-state index is 11.9. The maximum absolute atomic E-state index is 11.9. The zero-order valence-corrected chi connectivity index (χ0v) is 22.0. The molecule has 0 fully saturated rings. The highest BCUT2D eigenvalue weighted by atomic mass is 16.5. The number of ether oxygens (including phenoxy) is 1. The molecule has 0 aliphatic heterocycles. The zero-order valence-electron chi connectivity index (χ0n) is 22.0. The van der Waals surface area contributed by atoms with E-state index in [0.29, 0.717) is 12.2 Å². The SMILES string of the molecule is C=C(CCCCCCCCCC)C(=O)OCCCCCCCCCCCCC.C=CC(=O)O. The molecule has 0 aliphatic rings. The van der Waals surface area contributed by atoms with E-state index in [2.05, 4.69) is 27.0 Å². The molecule has 0 saturated carbocycles. The largest absolute Gasteiger partial charge is 0.478 e. The normalized spacial score (nSPS) is 10.2. The Labute approximate surface area is 205 Å². The van der Waals surface area contributed by atoms with Gasteiger partial charge in [-0.05, 0) is 19.3 Å².